The summed E-state index contributed by atoms with van der Waals surface area (Å²) in [6, 6.07) is 12.0. The van der Waals surface area contributed by atoms with E-state index in [0.29, 0.717) is 37.4 Å². The molecule has 0 unspecified atom stereocenters. The lowest BCUT2D eigenvalue weighted by atomic mass is 10.2. The zero-order valence-corrected chi connectivity index (χ0v) is 16.1. The molecule has 6 nitrogen and oxygen atoms in total. The van der Waals surface area contributed by atoms with E-state index in [1.165, 1.54) is 0 Å². The van der Waals surface area contributed by atoms with Crippen LogP contribution in [0.5, 0.6) is 17.4 Å². The number of rotatable bonds is 3. The highest BCUT2D eigenvalue weighted by Gasteiger charge is 2.24. The summed E-state index contributed by atoms with van der Waals surface area (Å²) in [5.74, 6) is 2.07. The number of aromatic nitrogens is 1. The maximum absolute atomic E-state index is 12.3. The summed E-state index contributed by atoms with van der Waals surface area (Å²) >= 11 is 0. The standard InChI is InChI=1S/C22H27N3O3/c26-21(24-18-10-11-18)16-25-13-4-1-5-14-27-19-8-2-3-9-20(19)28-22-17(15-25)7-6-12-23-22/h2-3,6-9,12,18H,1,4-5,10-11,13-16H2,(H,24,26). The molecule has 28 heavy (non-hydrogen) atoms. The van der Waals surface area contributed by atoms with Crippen molar-refractivity contribution in [3.63, 3.8) is 0 Å². The number of fused-ring (bicyclic) bond motifs is 2. The van der Waals surface area contributed by atoms with Crippen LogP contribution in [-0.4, -0.2) is 41.5 Å². The molecule has 1 amide bonds. The van der Waals surface area contributed by atoms with Crippen LogP contribution in [0.4, 0.5) is 0 Å². The summed E-state index contributed by atoms with van der Waals surface area (Å²) in [4.78, 5) is 19.0. The third-order valence-electron chi connectivity index (χ3n) is 4.99. The Bertz CT molecular complexity index is 807. The molecule has 0 atom stereocenters. The maximum atomic E-state index is 12.3. The number of pyridine rings is 1. The highest BCUT2D eigenvalue weighted by molar-refractivity contribution is 5.78. The van der Waals surface area contributed by atoms with Gasteiger partial charge in [-0.15, -0.1) is 0 Å². The Hall–Kier alpha value is -2.60. The second-order valence-electron chi connectivity index (χ2n) is 7.48. The minimum absolute atomic E-state index is 0.104. The number of benzene rings is 1. The molecular weight excluding hydrogens is 354 g/mol. The van der Waals surface area contributed by atoms with Gasteiger partial charge < -0.3 is 14.8 Å². The largest absolute Gasteiger partial charge is 0.490 e. The normalized spacial score (nSPS) is 18.1. The molecule has 1 fully saturated rings. The molecule has 1 N–H and O–H groups in total. The Morgan fingerprint density at radius 2 is 1.96 bits per heavy atom. The zero-order valence-electron chi connectivity index (χ0n) is 16.1. The van der Waals surface area contributed by atoms with Crippen molar-refractivity contribution in [2.75, 3.05) is 19.7 Å². The van der Waals surface area contributed by atoms with E-state index < -0.39 is 0 Å². The molecule has 1 aliphatic carbocycles. The van der Waals surface area contributed by atoms with Crippen molar-refractivity contribution in [1.29, 1.82) is 0 Å². The highest BCUT2D eigenvalue weighted by Crippen LogP contribution is 2.32. The minimum atomic E-state index is 0.104. The van der Waals surface area contributed by atoms with Gasteiger partial charge >= 0.3 is 0 Å². The molecule has 0 spiro atoms. The smallest absolute Gasteiger partial charge is 0.234 e. The van der Waals surface area contributed by atoms with E-state index in [2.05, 4.69) is 15.2 Å². The maximum Gasteiger partial charge on any atom is 0.234 e. The van der Waals surface area contributed by atoms with Crippen molar-refractivity contribution in [3.8, 4) is 17.4 Å². The van der Waals surface area contributed by atoms with E-state index in [0.717, 1.165) is 50.0 Å². The number of nitrogens with zero attached hydrogens (tertiary/aromatic N) is 2. The Balaban J connectivity index is 1.55. The van der Waals surface area contributed by atoms with Gasteiger partial charge in [0.25, 0.3) is 0 Å². The fraction of sp³-hybridized carbons (Fsp3) is 0.455. The van der Waals surface area contributed by atoms with Gasteiger partial charge in [-0.3, -0.25) is 9.69 Å². The second-order valence-corrected chi connectivity index (χ2v) is 7.48. The first kappa shape index (κ1) is 18.7. The Labute approximate surface area is 165 Å². The first-order valence-electron chi connectivity index (χ1n) is 10.1. The molecule has 1 aliphatic heterocycles. The van der Waals surface area contributed by atoms with E-state index in [9.17, 15) is 4.79 Å². The molecule has 2 heterocycles. The summed E-state index contributed by atoms with van der Waals surface area (Å²) in [6.07, 6.45) is 6.99. The average molecular weight is 381 g/mol. The number of carbonyl (C=O) groups is 1. The van der Waals surface area contributed by atoms with Gasteiger partial charge in [0, 0.05) is 24.3 Å². The van der Waals surface area contributed by atoms with Crippen LogP contribution in [-0.2, 0) is 11.3 Å². The van der Waals surface area contributed by atoms with E-state index in [-0.39, 0.29) is 5.91 Å². The molecule has 2 aromatic rings. The number of para-hydroxylation sites is 2. The molecular formula is C22H27N3O3. The summed E-state index contributed by atoms with van der Waals surface area (Å²) in [5.41, 5.74) is 0.968. The zero-order chi connectivity index (χ0) is 19.2. The molecule has 0 saturated heterocycles. The van der Waals surface area contributed by atoms with Gasteiger partial charge in [-0.05, 0) is 56.8 Å². The minimum Gasteiger partial charge on any atom is -0.490 e. The molecule has 4 rings (SSSR count). The molecule has 1 aromatic heterocycles. The second kappa shape index (κ2) is 9.06. The number of hydrogen-bond donors (Lipinski definition) is 1. The summed E-state index contributed by atoms with van der Waals surface area (Å²) < 4.78 is 12.0. The SMILES string of the molecule is O=C(CN1CCCCCOc2ccccc2Oc2ncccc2C1)NC1CC1. The third-order valence-corrected chi connectivity index (χ3v) is 4.99. The van der Waals surface area contributed by atoms with Gasteiger partial charge in [0.15, 0.2) is 11.5 Å². The first-order chi connectivity index (χ1) is 13.8. The quantitative estimate of drug-likeness (QED) is 0.881. The van der Waals surface area contributed by atoms with Crippen molar-refractivity contribution < 1.29 is 14.3 Å². The number of nitrogens with one attached hydrogen (secondary N) is 1. The van der Waals surface area contributed by atoms with Crippen molar-refractivity contribution >= 4 is 5.91 Å². The monoisotopic (exact) mass is 381 g/mol. The highest BCUT2D eigenvalue weighted by atomic mass is 16.5. The number of carbonyl (C=O) groups excluding carboxylic acids is 1. The predicted molar refractivity (Wildman–Crippen MR) is 107 cm³/mol. The molecule has 1 saturated carbocycles. The predicted octanol–water partition coefficient (Wildman–Crippen LogP) is 3.52. The van der Waals surface area contributed by atoms with Crippen LogP contribution in [0.25, 0.3) is 0 Å². The molecule has 6 heteroatoms. The Morgan fingerprint density at radius 3 is 2.82 bits per heavy atom. The summed E-state index contributed by atoms with van der Waals surface area (Å²) in [5, 5.41) is 3.09. The molecule has 148 valence electrons. The topological polar surface area (TPSA) is 63.7 Å². The number of ether oxygens (including phenoxy) is 2. The van der Waals surface area contributed by atoms with Crippen LogP contribution < -0.4 is 14.8 Å². The lowest BCUT2D eigenvalue weighted by Gasteiger charge is -2.22. The van der Waals surface area contributed by atoms with Crippen molar-refractivity contribution in [2.45, 2.75) is 44.7 Å². The molecule has 2 aliphatic rings. The van der Waals surface area contributed by atoms with Crippen LogP contribution in [0.2, 0.25) is 0 Å². The van der Waals surface area contributed by atoms with Crippen LogP contribution in [0.3, 0.4) is 0 Å². The van der Waals surface area contributed by atoms with Gasteiger partial charge in [0.05, 0.1) is 13.2 Å². The van der Waals surface area contributed by atoms with Gasteiger partial charge in [-0.1, -0.05) is 18.2 Å². The Morgan fingerprint density at radius 1 is 1.11 bits per heavy atom. The van der Waals surface area contributed by atoms with Gasteiger partial charge in [-0.25, -0.2) is 4.98 Å². The average Bonchev–Trinajstić information content (AvgIpc) is 3.50. The molecule has 1 aromatic carbocycles. The summed E-state index contributed by atoms with van der Waals surface area (Å²) in [6.45, 7) is 2.54. The van der Waals surface area contributed by atoms with E-state index in [1.54, 1.807) is 6.20 Å². The molecule has 0 bridgehead atoms. The van der Waals surface area contributed by atoms with Crippen molar-refractivity contribution in [2.24, 2.45) is 0 Å². The van der Waals surface area contributed by atoms with E-state index in [4.69, 9.17) is 9.47 Å². The van der Waals surface area contributed by atoms with Gasteiger partial charge in [-0.2, -0.15) is 0 Å². The van der Waals surface area contributed by atoms with Gasteiger partial charge in [0.1, 0.15) is 0 Å². The molecule has 0 radical (unpaired) electrons. The lowest BCUT2D eigenvalue weighted by molar-refractivity contribution is -0.122. The van der Waals surface area contributed by atoms with Crippen LogP contribution in [0.1, 0.15) is 37.7 Å². The van der Waals surface area contributed by atoms with Crippen molar-refractivity contribution in [3.05, 3.63) is 48.2 Å². The van der Waals surface area contributed by atoms with Crippen LogP contribution in [0, 0.1) is 0 Å². The van der Waals surface area contributed by atoms with E-state index >= 15 is 0 Å². The van der Waals surface area contributed by atoms with E-state index in [1.807, 2.05) is 36.4 Å². The summed E-state index contributed by atoms with van der Waals surface area (Å²) in [7, 11) is 0. The number of hydrogen-bond acceptors (Lipinski definition) is 5. The Kier molecular flexibility index (Phi) is 6.07. The van der Waals surface area contributed by atoms with Crippen molar-refractivity contribution in [1.82, 2.24) is 15.2 Å². The lowest BCUT2D eigenvalue weighted by Crippen LogP contribution is -2.38. The van der Waals surface area contributed by atoms with Crippen LogP contribution in [0.15, 0.2) is 42.6 Å². The number of amides is 1. The van der Waals surface area contributed by atoms with Gasteiger partial charge in [0.2, 0.25) is 11.8 Å². The first-order valence-corrected chi connectivity index (χ1v) is 10.1. The fourth-order valence-corrected chi connectivity index (χ4v) is 3.35. The fourth-order valence-electron chi connectivity index (χ4n) is 3.35. The van der Waals surface area contributed by atoms with Crippen LogP contribution >= 0.6 is 0 Å². The third kappa shape index (κ3) is 5.23.